The molecule has 0 saturated carbocycles. The molecule has 0 atom stereocenters. The van der Waals surface area contributed by atoms with Crippen molar-refractivity contribution in [1.29, 1.82) is 5.26 Å². The number of para-hydroxylation sites is 5. The highest BCUT2D eigenvalue weighted by molar-refractivity contribution is 6.13. The molecule has 11 rings (SSSR count). The molecular weight excluding hydrogens is 671 g/mol. The first-order chi connectivity index (χ1) is 27.2. The molecule has 0 saturated heterocycles. The first-order valence-corrected chi connectivity index (χ1v) is 18.3. The molecule has 11 aromatic rings. The van der Waals surface area contributed by atoms with Crippen molar-refractivity contribution in [2.75, 3.05) is 0 Å². The van der Waals surface area contributed by atoms with Gasteiger partial charge in [0.1, 0.15) is 6.07 Å². The number of nitriles is 1. The van der Waals surface area contributed by atoms with E-state index in [2.05, 4.69) is 170 Å². The highest BCUT2D eigenvalue weighted by atomic mass is 15.0. The van der Waals surface area contributed by atoms with Crippen LogP contribution in [0, 0.1) is 17.9 Å². The second-order valence-electron chi connectivity index (χ2n) is 13.9. The lowest BCUT2D eigenvalue weighted by Gasteiger charge is -2.14. The fraction of sp³-hybridized carbons (Fsp3) is 0. The molecule has 55 heavy (non-hydrogen) atoms. The summed E-state index contributed by atoms with van der Waals surface area (Å²) in [5, 5.41) is 17.0. The first kappa shape index (κ1) is 30.7. The highest BCUT2D eigenvalue weighted by Gasteiger charge is 2.19. The van der Waals surface area contributed by atoms with Crippen LogP contribution in [0.25, 0.3) is 98.5 Å². The lowest BCUT2D eigenvalue weighted by Crippen LogP contribution is -1.97. The number of fused-ring (bicyclic) bond motifs is 9. The van der Waals surface area contributed by atoms with E-state index in [-0.39, 0.29) is 0 Å². The average Bonchev–Trinajstić information content (AvgIpc) is 3.89. The van der Waals surface area contributed by atoms with Crippen molar-refractivity contribution >= 4 is 71.1 Å². The van der Waals surface area contributed by atoms with Crippen LogP contribution in [-0.2, 0) is 0 Å². The summed E-state index contributed by atoms with van der Waals surface area (Å²) < 4.78 is 6.85. The second-order valence-corrected chi connectivity index (χ2v) is 13.9. The highest BCUT2D eigenvalue weighted by Crippen LogP contribution is 2.40. The van der Waals surface area contributed by atoms with Crippen LogP contribution >= 0.6 is 0 Å². The van der Waals surface area contributed by atoms with Crippen LogP contribution in [0.4, 0.5) is 5.69 Å². The van der Waals surface area contributed by atoms with E-state index in [0.29, 0.717) is 11.3 Å². The zero-order chi connectivity index (χ0) is 36.6. The minimum absolute atomic E-state index is 0.592. The third-order valence-electron chi connectivity index (χ3n) is 11.1. The van der Waals surface area contributed by atoms with Gasteiger partial charge in [0.05, 0.1) is 45.2 Å². The Morgan fingerprint density at radius 3 is 1.49 bits per heavy atom. The van der Waals surface area contributed by atoms with Crippen molar-refractivity contribution < 1.29 is 0 Å². The van der Waals surface area contributed by atoms with Gasteiger partial charge in [0.25, 0.3) is 0 Å². The molecule has 8 aromatic carbocycles. The SMILES string of the molecule is [C-]#[N+]c1ccc(-n2c3ccccc3c3cc(-n4c5ccccc5c5ccccc54)ccc32)cc1-c1ccc(-n2c3ccccc3c3cccc(C#N)c32)cc1. The molecule has 0 fully saturated rings. The van der Waals surface area contributed by atoms with Gasteiger partial charge in [-0.25, -0.2) is 4.85 Å². The Bertz CT molecular complexity index is 3400. The Kier molecular flexibility index (Phi) is 6.61. The van der Waals surface area contributed by atoms with Crippen molar-refractivity contribution in [3.05, 3.63) is 193 Å². The maximum absolute atomic E-state index is 10.1. The fourth-order valence-corrected chi connectivity index (χ4v) is 8.74. The third-order valence-corrected chi connectivity index (χ3v) is 11.1. The smallest absolute Gasteiger partial charge is 0.195 e. The van der Waals surface area contributed by atoms with Crippen LogP contribution in [-0.4, -0.2) is 13.7 Å². The Labute approximate surface area is 316 Å². The lowest BCUT2D eigenvalue weighted by molar-refractivity contribution is 1.16. The number of rotatable bonds is 4. The zero-order valence-electron chi connectivity index (χ0n) is 29.5. The molecule has 0 amide bonds. The molecule has 0 radical (unpaired) electrons. The van der Waals surface area contributed by atoms with Gasteiger partial charge in [-0.3, -0.25) is 0 Å². The summed E-state index contributed by atoms with van der Waals surface area (Å²) in [6.07, 6.45) is 0. The first-order valence-electron chi connectivity index (χ1n) is 18.3. The molecule has 5 nitrogen and oxygen atoms in total. The maximum Gasteiger partial charge on any atom is 0.195 e. The zero-order valence-corrected chi connectivity index (χ0v) is 29.5. The van der Waals surface area contributed by atoms with Crippen molar-refractivity contribution in [2.45, 2.75) is 0 Å². The van der Waals surface area contributed by atoms with Gasteiger partial charge < -0.3 is 13.7 Å². The van der Waals surface area contributed by atoms with E-state index in [1.807, 2.05) is 30.3 Å². The quantitative estimate of drug-likeness (QED) is 0.169. The summed E-state index contributed by atoms with van der Waals surface area (Å²) in [5.74, 6) is 0. The molecule has 0 aliphatic rings. The Morgan fingerprint density at radius 1 is 0.418 bits per heavy atom. The van der Waals surface area contributed by atoms with Crippen LogP contribution < -0.4 is 0 Å². The Balaban J connectivity index is 1.07. The predicted octanol–water partition coefficient (Wildman–Crippen LogP) is 13.1. The number of aromatic nitrogens is 3. The van der Waals surface area contributed by atoms with Crippen molar-refractivity contribution in [1.82, 2.24) is 13.7 Å². The van der Waals surface area contributed by atoms with E-state index < -0.39 is 0 Å². The predicted molar refractivity (Wildman–Crippen MR) is 226 cm³/mol. The summed E-state index contributed by atoms with van der Waals surface area (Å²) in [7, 11) is 0. The standard InChI is InChI=1S/C50H29N5/c1-52-44-27-25-35(29-42(44)32-21-23-34(24-22-32)55-48-20-9-4-14-39(48)41-16-10-11-33(31-51)50(41)55)54-47-19-8-5-15-40(47)43-30-36(26-28-49(43)54)53-45-17-6-2-12-37(45)38-13-3-7-18-46(38)53/h2-30H. The van der Waals surface area contributed by atoms with Gasteiger partial charge >= 0.3 is 0 Å². The van der Waals surface area contributed by atoms with Gasteiger partial charge in [0, 0.05) is 49.4 Å². The maximum atomic E-state index is 10.1. The van der Waals surface area contributed by atoms with Gasteiger partial charge in [-0.05, 0) is 83.9 Å². The van der Waals surface area contributed by atoms with E-state index in [1.165, 1.54) is 27.2 Å². The summed E-state index contributed by atoms with van der Waals surface area (Å²) in [4.78, 5) is 3.96. The molecule has 0 N–H and O–H groups in total. The van der Waals surface area contributed by atoms with Crippen molar-refractivity contribution in [2.24, 2.45) is 0 Å². The van der Waals surface area contributed by atoms with Gasteiger partial charge in [0.15, 0.2) is 5.69 Å². The molecule has 3 aromatic heterocycles. The van der Waals surface area contributed by atoms with Crippen molar-refractivity contribution in [3.8, 4) is 34.3 Å². The van der Waals surface area contributed by atoms with Gasteiger partial charge in [-0.2, -0.15) is 5.26 Å². The normalized spacial score (nSPS) is 11.6. The molecular formula is C50H29N5. The molecule has 0 spiro atoms. The molecule has 5 heteroatoms. The topological polar surface area (TPSA) is 42.9 Å². The molecule has 254 valence electrons. The Hall–Kier alpha value is -7.86. The van der Waals surface area contributed by atoms with E-state index in [0.717, 1.165) is 66.4 Å². The van der Waals surface area contributed by atoms with E-state index >= 15 is 0 Å². The fourth-order valence-electron chi connectivity index (χ4n) is 8.74. The molecule has 0 bridgehead atoms. The van der Waals surface area contributed by atoms with E-state index in [4.69, 9.17) is 6.57 Å². The van der Waals surface area contributed by atoms with Crippen LogP contribution in [0.15, 0.2) is 176 Å². The van der Waals surface area contributed by atoms with Crippen LogP contribution in [0.3, 0.4) is 0 Å². The summed E-state index contributed by atoms with van der Waals surface area (Å²) in [6.45, 7) is 8.11. The van der Waals surface area contributed by atoms with Crippen LogP contribution in [0.2, 0.25) is 0 Å². The molecule has 0 aliphatic heterocycles. The number of hydrogen-bond donors (Lipinski definition) is 0. The van der Waals surface area contributed by atoms with Crippen LogP contribution in [0.5, 0.6) is 0 Å². The van der Waals surface area contributed by atoms with Crippen molar-refractivity contribution in [3.63, 3.8) is 0 Å². The van der Waals surface area contributed by atoms with E-state index in [1.54, 1.807) is 0 Å². The van der Waals surface area contributed by atoms with Gasteiger partial charge in [-0.1, -0.05) is 103 Å². The number of hydrogen-bond acceptors (Lipinski definition) is 1. The molecule has 0 aliphatic carbocycles. The molecule has 3 heterocycles. The largest absolute Gasteiger partial charge is 0.309 e. The third kappa shape index (κ3) is 4.45. The summed E-state index contributed by atoms with van der Waals surface area (Å²) in [5.41, 5.74) is 12.6. The average molecular weight is 700 g/mol. The summed E-state index contributed by atoms with van der Waals surface area (Å²) >= 11 is 0. The lowest BCUT2D eigenvalue weighted by atomic mass is 10.0. The second kappa shape index (κ2) is 11.8. The van der Waals surface area contributed by atoms with Gasteiger partial charge in [-0.15, -0.1) is 0 Å². The number of benzene rings is 8. The number of nitrogens with zero attached hydrogens (tertiary/aromatic N) is 5. The molecule has 0 unspecified atom stereocenters. The van der Waals surface area contributed by atoms with Gasteiger partial charge in [0.2, 0.25) is 0 Å². The van der Waals surface area contributed by atoms with E-state index in [9.17, 15) is 5.26 Å². The monoisotopic (exact) mass is 699 g/mol. The van der Waals surface area contributed by atoms with Crippen LogP contribution in [0.1, 0.15) is 5.56 Å². The minimum Gasteiger partial charge on any atom is -0.309 e. The minimum atomic E-state index is 0.592. The Morgan fingerprint density at radius 2 is 0.891 bits per heavy atom. The summed E-state index contributed by atoms with van der Waals surface area (Å²) in [6, 6.07) is 63.6.